The molecule has 1 aromatic heterocycles. The van der Waals surface area contributed by atoms with Crippen LogP contribution in [0.5, 0.6) is 0 Å². The molecule has 3 rings (SSSR count). The van der Waals surface area contributed by atoms with Gasteiger partial charge in [-0.1, -0.05) is 42.5 Å². The molecule has 2 aromatic carbocycles. The number of benzene rings is 2. The first-order valence-corrected chi connectivity index (χ1v) is 8.86. The third kappa shape index (κ3) is 5.06. The highest BCUT2D eigenvalue weighted by atomic mass is 19.1. The molecular weight excluding hydrogens is 329 g/mol. The van der Waals surface area contributed by atoms with Crippen LogP contribution >= 0.6 is 0 Å². The second kappa shape index (κ2) is 8.99. The van der Waals surface area contributed by atoms with Crippen LogP contribution in [-0.2, 0) is 17.6 Å². The van der Waals surface area contributed by atoms with Crippen molar-refractivity contribution in [2.75, 3.05) is 6.54 Å². The lowest BCUT2D eigenvalue weighted by Crippen LogP contribution is -2.24. The van der Waals surface area contributed by atoms with Gasteiger partial charge in [-0.25, -0.2) is 4.39 Å². The average molecular weight is 351 g/mol. The number of rotatable bonds is 8. The van der Waals surface area contributed by atoms with E-state index in [1.165, 1.54) is 11.6 Å². The van der Waals surface area contributed by atoms with E-state index in [0.29, 0.717) is 36.5 Å². The predicted octanol–water partition coefficient (Wildman–Crippen LogP) is 4.77. The van der Waals surface area contributed by atoms with Crippen LogP contribution in [0.1, 0.15) is 24.2 Å². The van der Waals surface area contributed by atoms with Crippen molar-refractivity contribution < 1.29 is 13.6 Å². The zero-order valence-corrected chi connectivity index (χ0v) is 14.6. The van der Waals surface area contributed by atoms with Gasteiger partial charge in [-0.05, 0) is 42.7 Å². The van der Waals surface area contributed by atoms with Crippen molar-refractivity contribution in [2.45, 2.75) is 25.7 Å². The molecule has 4 heteroatoms. The number of hydrogen-bond acceptors (Lipinski definition) is 2. The number of aryl methyl sites for hydroxylation is 2. The van der Waals surface area contributed by atoms with Gasteiger partial charge in [0.2, 0.25) is 5.91 Å². The number of carbonyl (C=O) groups excluding carboxylic acids is 1. The molecule has 0 aliphatic carbocycles. The van der Waals surface area contributed by atoms with Crippen LogP contribution in [0, 0.1) is 5.82 Å². The molecule has 1 amide bonds. The lowest BCUT2D eigenvalue weighted by Gasteiger charge is -2.05. The van der Waals surface area contributed by atoms with Gasteiger partial charge in [-0.3, -0.25) is 4.79 Å². The van der Waals surface area contributed by atoms with Crippen LogP contribution in [0.25, 0.3) is 11.3 Å². The number of nitrogens with one attached hydrogen (secondary N) is 1. The van der Waals surface area contributed by atoms with Crippen molar-refractivity contribution in [3.8, 4) is 11.3 Å². The van der Waals surface area contributed by atoms with Gasteiger partial charge < -0.3 is 9.73 Å². The summed E-state index contributed by atoms with van der Waals surface area (Å²) < 4.78 is 19.4. The Kier molecular flexibility index (Phi) is 6.20. The molecule has 0 radical (unpaired) electrons. The smallest absolute Gasteiger partial charge is 0.220 e. The Bertz CT molecular complexity index is 842. The number of furan rings is 1. The SMILES string of the molecule is O=C(CCc1ccc(-c2ccccc2F)o1)NCCCc1ccccc1. The lowest BCUT2D eigenvalue weighted by atomic mass is 10.1. The average Bonchev–Trinajstić information content (AvgIpc) is 3.13. The summed E-state index contributed by atoms with van der Waals surface area (Å²) >= 11 is 0. The summed E-state index contributed by atoms with van der Waals surface area (Å²) in [7, 11) is 0. The third-order valence-corrected chi connectivity index (χ3v) is 4.21. The minimum Gasteiger partial charge on any atom is -0.461 e. The van der Waals surface area contributed by atoms with E-state index in [-0.39, 0.29) is 11.7 Å². The van der Waals surface area contributed by atoms with Crippen LogP contribution in [-0.4, -0.2) is 12.5 Å². The van der Waals surface area contributed by atoms with Crippen molar-refractivity contribution in [1.29, 1.82) is 0 Å². The quantitative estimate of drug-likeness (QED) is 0.594. The highest BCUT2D eigenvalue weighted by molar-refractivity contribution is 5.76. The fourth-order valence-corrected chi connectivity index (χ4v) is 2.81. The summed E-state index contributed by atoms with van der Waals surface area (Å²) in [5.41, 5.74) is 1.71. The Balaban J connectivity index is 1.40. The van der Waals surface area contributed by atoms with Crippen molar-refractivity contribution in [3.63, 3.8) is 0 Å². The standard InChI is InChI=1S/C22H22FNO2/c23-20-11-5-4-10-19(20)21-14-12-18(26-21)13-15-22(25)24-16-6-9-17-7-2-1-3-8-17/h1-5,7-8,10-12,14H,6,9,13,15-16H2,(H,24,25). The molecule has 134 valence electrons. The maximum absolute atomic E-state index is 13.8. The molecule has 1 heterocycles. The van der Waals surface area contributed by atoms with E-state index in [1.54, 1.807) is 30.3 Å². The largest absolute Gasteiger partial charge is 0.461 e. The zero-order chi connectivity index (χ0) is 18.2. The van der Waals surface area contributed by atoms with E-state index in [9.17, 15) is 9.18 Å². The highest BCUT2D eigenvalue weighted by Gasteiger charge is 2.10. The van der Waals surface area contributed by atoms with Crippen molar-refractivity contribution in [1.82, 2.24) is 5.32 Å². The molecule has 3 nitrogen and oxygen atoms in total. The molecule has 0 aliphatic heterocycles. The molecule has 0 aliphatic rings. The normalized spacial score (nSPS) is 10.7. The Morgan fingerprint density at radius 2 is 1.69 bits per heavy atom. The van der Waals surface area contributed by atoms with Gasteiger partial charge >= 0.3 is 0 Å². The highest BCUT2D eigenvalue weighted by Crippen LogP contribution is 2.25. The second-order valence-corrected chi connectivity index (χ2v) is 6.18. The van der Waals surface area contributed by atoms with Gasteiger partial charge in [0.05, 0.1) is 5.56 Å². The topological polar surface area (TPSA) is 42.2 Å². The van der Waals surface area contributed by atoms with Crippen LogP contribution < -0.4 is 5.32 Å². The third-order valence-electron chi connectivity index (χ3n) is 4.21. The molecule has 0 saturated heterocycles. The van der Waals surface area contributed by atoms with E-state index in [1.807, 2.05) is 18.2 Å². The predicted molar refractivity (Wildman–Crippen MR) is 100 cm³/mol. The maximum Gasteiger partial charge on any atom is 0.220 e. The monoisotopic (exact) mass is 351 g/mol. The van der Waals surface area contributed by atoms with Gasteiger partial charge in [-0.15, -0.1) is 0 Å². The summed E-state index contributed by atoms with van der Waals surface area (Å²) in [5.74, 6) is 0.857. The van der Waals surface area contributed by atoms with Crippen LogP contribution in [0.3, 0.4) is 0 Å². The molecule has 0 unspecified atom stereocenters. The van der Waals surface area contributed by atoms with Crippen LogP contribution in [0.2, 0.25) is 0 Å². The Hall–Kier alpha value is -2.88. The van der Waals surface area contributed by atoms with Gasteiger partial charge in [0.15, 0.2) is 0 Å². The van der Waals surface area contributed by atoms with Crippen LogP contribution in [0.15, 0.2) is 71.1 Å². The first-order chi connectivity index (χ1) is 12.7. The molecular formula is C22H22FNO2. The number of carbonyl (C=O) groups is 1. The number of hydrogen-bond donors (Lipinski definition) is 1. The van der Waals surface area contributed by atoms with Gasteiger partial charge in [-0.2, -0.15) is 0 Å². The van der Waals surface area contributed by atoms with E-state index in [2.05, 4.69) is 17.4 Å². The first kappa shape index (κ1) is 17.9. The Morgan fingerprint density at radius 3 is 2.50 bits per heavy atom. The van der Waals surface area contributed by atoms with Gasteiger partial charge in [0, 0.05) is 19.4 Å². The summed E-state index contributed by atoms with van der Waals surface area (Å²) in [6, 6.07) is 20.2. The number of amides is 1. The summed E-state index contributed by atoms with van der Waals surface area (Å²) in [4.78, 5) is 11.9. The summed E-state index contributed by atoms with van der Waals surface area (Å²) in [6.45, 7) is 0.659. The minimum atomic E-state index is -0.315. The molecule has 0 bridgehead atoms. The molecule has 26 heavy (non-hydrogen) atoms. The molecule has 0 spiro atoms. The van der Waals surface area contributed by atoms with Crippen molar-refractivity contribution in [2.24, 2.45) is 0 Å². The molecule has 0 atom stereocenters. The molecule has 1 N–H and O–H groups in total. The molecule has 0 fully saturated rings. The Morgan fingerprint density at radius 1 is 0.923 bits per heavy atom. The summed E-state index contributed by atoms with van der Waals surface area (Å²) in [5, 5.41) is 2.93. The second-order valence-electron chi connectivity index (χ2n) is 6.18. The van der Waals surface area contributed by atoms with E-state index in [0.717, 1.165) is 12.8 Å². The molecule has 3 aromatic rings. The van der Waals surface area contributed by atoms with E-state index in [4.69, 9.17) is 4.42 Å². The van der Waals surface area contributed by atoms with Gasteiger partial charge in [0.1, 0.15) is 17.3 Å². The van der Waals surface area contributed by atoms with Crippen molar-refractivity contribution >= 4 is 5.91 Å². The van der Waals surface area contributed by atoms with E-state index < -0.39 is 0 Å². The van der Waals surface area contributed by atoms with Crippen LogP contribution in [0.4, 0.5) is 4.39 Å². The van der Waals surface area contributed by atoms with Crippen molar-refractivity contribution in [3.05, 3.63) is 83.9 Å². The first-order valence-electron chi connectivity index (χ1n) is 8.86. The minimum absolute atomic E-state index is 0.00176. The molecule has 0 saturated carbocycles. The maximum atomic E-state index is 13.8. The van der Waals surface area contributed by atoms with E-state index >= 15 is 0 Å². The van der Waals surface area contributed by atoms with Gasteiger partial charge in [0.25, 0.3) is 0 Å². The zero-order valence-electron chi connectivity index (χ0n) is 14.6. The summed E-state index contributed by atoms with van der Waals surface area (Å²) in [6.07, 6.45) is 2.72. The number of halogens is 1. The lowest BCUT2D eigenvalue weighted by molar-refractivity contribution is -0.121. The fraction of sp³-hybridized carbons (Fsp3) is 0.227. The Labute approximate surface area is 152 Å². The fourth-order valence-electron chi connectivity index (χ4n) is 2.81.